The number of azo groups is 1. The molecule has 2 aromatic rings. The molecule has 0 saturated carbocycles. The molecule has 6 heteroatoms. The second-order valence-electron chi connectivity index (χ2n) is 7.55. The van der Waals surface area contributed by atoms with Gasteiger partial charge >= 0.3 is 5.97 Å². The summed E-state index contributed by atoms with van der Waals surface area (Å²) < 4.78 is 10.7. The number of nitrogens with zero attached hydrogens (tertiary/aromatic N) is 2. The van der Waals surface area contributed by atoms with Crippen LogP contribution >= 0.6 is 0 Å². The van der Waals surface area contributed by atoms with Crippen molar-refractivity contribution in [2.24, 2.45) is 16.1 Å². The van der Waals surface area contributed by atoms with Crippen molar-refractivity contribution < 1.29 is 19.1 Å². The quantitative estimate of drug-likeness (QED) is 0.345. The van der Waals surface area contributed by atoms with Crippen LogP contribution in [0, 0.1) is 5.92 Å². The van der Waals surface area contributed by atoms with Gasteiger partial charge in [0.15, 0.2) is 0 Å². The van der Waals surface area contributed by atoms with Crippen molar-refractivity contribution in [2.45, 2.75) is 45.8 Å². The van der Waals surface area contributed by atoms with E-state index in [0.29, 0.717) is 12.2 Å². The van der Waals surface area contributed by atoms with Crippen LogP contribution in [-0.4, -0.2) is 18.0 Å². The number of rotatable bonds is 8. The van der Waals surface area contributed by atoms with Crippen LogP contribution in [0.1, 0.15) is 40.2 Å². The summed E-state index contributed by atoms with van der Waals surface area (Å²) in [5, 5.41) is 8.39. The summed E-state index contributed by atoms with van der Waals surface area (Å²) in [5.74, 6) is -1.05. The van der Waals surface area contributed by atoms with E-state index >= 15 is 0 Å². The first-order valence-corrected chi connectivity index (χ1v) is 9.07. The molecule has 0 amide bonds. The van der Waals surface area contributed by atoms with Gasteiger partial charge in [0.25, 0.3) is 6.47 Å². The topological polar surface area (TPSA) is 77.3 Å². The average molecular weight is 382 g/mol. The molecule has 0 saturated heterocycles. The largest absolute Gasteiger partial charge is 0.461 e. The number of ether oxygens (including phenoxy) is 2. The highest BCUT2D eigenvalue weighted by Gasteiger charge is 2.37. The summed E-state index contributed by atoms with van der Waals surface area (Å²) in [6, 6.07) is 16.8. The predicted molar refractivity (Wildman–Crippen MR) is 107 cm³/mol. The normalized spacial score (nSPS) is 13.2. The van der Waals surface area contributed by atoms with Crippen molar-refractivity contribution in [3.63, 3.8) is 0 Å². The van der Waals surface area contributed by atoms with Gasteiger partial charge in [-0.05, 0) is 64.4 Å². The van der Waals surface area contributed by atoms with Gasteiger partial charge in [-0.2, -0.15) is 10.2 Å². The Morgan fingerprint density at radius 3 is 2.00 bits per heavy atom. The van der Waals surface area contributed by atoms with E-state index in [1.165, 1.54) is 0 Å². The number of carbonyl (C=O) groups is 2. The molecule has 0 aliphatic heterocycles. The number of esters is 1. The summed E-state index contributed by atoms with van der Waals surface area (Å²) in [6.07, 6.45) is 0. The maximum atomic E-state index is 12.5. The average Bonchev–Trinajstić information content (AvgIpc) is 2.66. The van der Waals surface area contributed by atoms with Crippen LogP contribution in [0.25, 0.3) is 0 Å². The Bertz CT molecular complexity index is 827. The van der Waals surface area contributed by atoms with Crippen LogP contribution in [0.3, 0.4) is 0 Å². The van der Waals surface area contributed by atoms with E-state index in [4.69, 9.17) is 9.47 Å². The highest BCUT2D eigenvalue weighted by atomic mass is 16.6. The number of benzene rings is 2. The van der Waals surface area contributed by atoms with E-state index in [2.05, 4.69) is 10.2 Å². The first-order chi connectivity index (χ1) is 13.2. The Kier molecular flexibility index (Phi) is 6.67. The summed E-state index contributed by atoms with van der Waals surface area (Å²) in [7, 11) is 0. The van der Waals surface area contributed by atoms with Crippen molar-refractivity contribution in [3.05, 3.63) is 60.2 Å². The Morgan fingerprint density at radius 2 is 1.46 bits per heavy atom. The molecule has 0 N–H and O–H groups in total. The van der Waals surface area contributed by atoms with Crippen molar-refractivity contribution in [2.75, 3.05) is 0 Å². The molecule has 0 radical (unpaired) electrons. The smallest absolute Gasteiger partial charge is 0.313 e. The molecule has 0 bridgehead atoms. The van der Waals surface area contributed by atoms with Crippen molar-refractivity contribution in [3.8, 4) is 0 Å². The third-order valence-corrected chi connectivity index (χ3v) is 4.70. The molecule has 28 heavy (non-hydrogen) atoms. The zero-order chi connectivity index (χ0) is 20.8. The van der Waals surface area contributed by atoms with Gasteiger partial charge in [-0.15, -0.1) is 0 Å². The number of hydrogen-bond donors (Lipinski definition) is 0. The molecule has 0 heterocycles. The molecule has 1 unspecified atom stereocenters. The maximum absolute atomic E-state index is 12.5. The Hall–Kier alpha value is -3.02. The fourth-order valence-corrected chi connectivity index (χ4v) is 2.45. The summed E-state index contributed by atoms with van der Waals surface area (Å²) in [5.41, 5.74) is 0.494. The fourth-order valence-electron chi connectivity index (χ4n) is 2.45. The highest BCUT2D eigenvalue weighted by Crippen LogP contribution is 2.30. The Labute approximate surface area is 165 Å². The lowest BCUT2D eigenvalue weighted by atomic mass is 9.91. The Balaban J connectivity index is 2.08. The van der Waals surface area contributed by atoms with Crippen LogP contribution in [0.15, 0.2) is 64.8 Å². The zero-order valence-corrected chi connectivity index (χ0v) is 16.9. The second kappa shape index (κ2) is 8.78. The van der Waals surface area contributed by atoms with Gasteiger partial charge in [-0.25, -0.2) is 0 Å². The summed E-state index contributed by atoms with van der Waals surface area (Å²) in [4.78, 5) is 23.2. The van der Waals surface area contributed by atoms with Gasteiger partial charge in [0.1, 0.15) is 11.2 Å². The number of hydrogen-bond acceptors (Lipinski definition) is 6. The Morgan fingerprint density at radius 1 is 0.929 bits per heavy atom. The lowest BCUT2D eigenvalue weighted by Crippen LogP contribution is -2.40. The molecule has 2 rings (SSSR count). The number of carbonyl (C=O) groups excluding carboxylic acids is 2. The SMILES string of the molecule is CC(C(=O)OC(C)(C)c1ccc(N=Nc2ccccc2)cc1)C(C)(C)OC=O. The van der Waals surface area contributed by atoms with Gasteiger partial charge in [-0.3, -0.25) is 9.59 Å². The van der Waals surface area contributed by atoms with E-state index in [1.807, 2.05) is 68.4 Å². The lowest BCUT2D eigenvalue weighted by molar-refractivity contribution is -0.173. The third kappa shape index (κ3) is 5.49. The summed E-state index contributed by atoms with van der Waals surface area (Å²) in [6.45, 7) is 8.99. The highest BCUT2D eigenvalue weighted by molar-refractivity contribution is 5.74. The predicted octanol–water partition coefficient (Wildman–Crippen LogP) is 5.47. The summed E-state index contributed by atoms with van der Waals surface area (Å²) >= 11 is 0. The molecule has 2 aromatic carbocycles. The van der Waals surface area contributed by atoms with E-state index in [1.54, 1.807) is 20.8 Å². The third-order valence-electron chi connectivity index (χ3n) is 4.70. The van der Waals surface area contributed by atoms with Crippen LogP contribution in [0.4, 0.5) is 11.4 Å². The van der Waals surface area contributed by atoms with E-state index < -0.39 is 23.1 Å². The first kappa shape index (κ1) is 21.3. The monoisotopic (exact) mass is 382 g/mol. The molecule has 0 fully saturated rings. The van der Waals surface area contributed by atoms with Gasteiger partial charge in [-0.1, -0.05) is 30.3 Å². The van der Waals surface area contributed by atoms with Gasteiger partial charge in [0.05, 0.1) is 17.3 Å². The minimum Gasteiger partial charge on any atom is -0.461 e. The zero-order valence-electron chi connectivity index (χ0n) is 16.9. The molecule has 0 aliphatic carbocycles. The van der Waals surface area contributed by atoms with Crippen LogP contribution in [0.2, 0.25) is 0 Å². The van der Waals surface area contributed by atoms with Crippen LogP contribution in [-0.2, 0) is 24.7 Å². The molecule has 148 valence electrons. The van der Waals surface area contributed by atoms with Gasteiger partial charge in [0.2, 0.25) is 0 Å². The second-order valence-corrected chi connectivity index (χ2v) is 7.55. The van der Waals surface area contributed by atoms with Gasteiger partial charge in [0, 0.05) is 0 Å². The first-order valence-electron chi connectivity index (χ1n) is 9.07. The molecular formula is C22H26N2O4. The van der Waals surface area contributed by atoms with E-state index in [9.17, 15) is 9.59 Å². The van der Waals surface area contributed by atoms with Crippen molar-refractivity contribution in [1.29, 1.82) is 0 Å². The molecule has 0 aromatic heterocycles. The fraction of sp³-hybridized carbons (Fsp3) is 0.364. The lowest BCUT2D eigenvalue weighted by Gasteiger charge is -2.32. The molecular weight excluding hydrogens is 356 g/mol. The standard InChI is InChI=1S/C22H26N2O4/c1-16(21(2,3)27-15-25)20(26)28-22(4,5)17-11-13-19(14-12-17)24-23-18-9-7-6-8-10-18/h6-16H,1-5H3. The molecule has 1 atom stereocenters. The van der Waals surface area contributed by atoms with Crippen LogP contribution in [0.5, 0.6) is 0 Å². The molecule has 0 spiro atoms. The van der Waals surface area contributed by atoms with Crippen molar-refractivity contribution >= 4 is 23.8 Å². The van der Waals surface area contributed by atoms with Crippen LogP contribution < -0.4 is 0 Å². The van der Waals surface area contributed by atoms with E-state index in [-0.39, 0.29) is 0 Å². The van der Waals surface area contributed by atoms with Crippen molar-refractivity contribution in [1.82, 2.24) is 0 Å². The molecule has 6 nitrogen and oxygen atoms in total. The van der Waals surface area contributed by atoms with Gasteiger partial charge < -0.3 is 9.47 Å². The van der Waals surface area contributed by atoms with E-state index in [0.717, 1.165) is 11.3 Å². The minimum absolute atomic E-state index is 0.345. The molecule has 0 aliphatic rings. The minimum atomic E-state index is -0.948. The maximum Gasteiger partial charge on any atom is 0.313 e.